The number of piperazine rings is 1. The lowest BCUT2D eigenvalue weighted by molar-refractivity contribution is -0.125. The van der Waals surface area contributed by atoms with Crippen LogP contribution in [0.4, 0.5) is 0 Å². The van der Waals surface area contributed by atoms with E-state index in [-0.39, 0.29) is 11.9 Å². The molecule has 0 saturated carbocycles. The van der Waals surface area contributed by atoms with E-state index in [1.54, 1.807) is 0 Å². The molecule has 0 aromatic heterocycles. The topological polar surface area (TPSA) is 67.6 Å². The molecule has 1 amide bonds. The second kappa shape index (κ2) is 4.92. The van der Waals surface area contributed by atoms with E-state index < -0.39 is 0 Å². The first-order chi connectivity index (χ1) is 7.29. The van der Waals surface area contributed by atoms with Gasteiger partial charge in [-0.05, 0) is 6.42 Å². The first-order valence-electron chi connectivity index (χ1n) is 5.61. The third-order valence-corrected chi connectivity index (χ3v) is 3.25. The summed E-state index contributed by atoms with van der Waals surface area (Å²) in [5, 5.41) is 3.27. The summed E-state index contributed by atoms with van der Waals surface area (Å²) in [5.41, 5.74) is 5.49. The summed E-state index contributed by atoms with van der Waals surface area (Å²) in [4.78, 5) is 13.7. The quantitative estimate of drug-likeness (QED) is 0.617. The Balaban J connectivity index is 2.00. The van der Waals surface area contributed by atoms with Crippen molar-refractivity contribution < 1.29 is 9.53 Å². The van der Waals surface area contributed by atoms with E-state index in [9.17, 15) is 4.79 Å². The van der Waals surface area contributed by atoms with Crippen LogP contribution in [-0.2, 0) is 9.53 Å². The van der Waals surface area contributed by atoms with Crippen LogP contribution in [0.1, 0.15) is 6.42 Å². The summed E-state index contributed by atoms with van der Waals surface area (Å²) < 4.78 is 5.33. The molecule has 2 atom stereocenters. The largest absolute Gasteiger partial charge is 0.381 e. The van der Waals surface area contributed by atoms with Crippen molar-refractivity contribution in [3.05, 3.63) is 0 Å². The average Bonchev–Trinajstić information content (AvgIpc) is 2.72. The molecule has 86 valence electrons. The molecule has 3 N–H and O–H groups in total. The van der Waals surface area contributed by atoms with Gasteiger partial charge in [0.25, 0.3) is 0 Å². The van der Waals surface area contributed by atoms with Crippen molar-refractivity contribution in [3.63, 3.8) is 0 Å². The molecule has 2 aliphatic rings. The van der Waals surface area contributed by atoms with E-state index in [2.05, 4.69) is 10.2 Å². The number of carbonyl (C=O) groups excluding carboxylic acids is 1. The molecule has 5 heteroatoms. The van der Waals surface area contributed by atoms with E-state index in [0.29, 0.717) is 12.5 Å². The average molecular weight is 213 g/mol. The molecule has 2 fully saturated rings. The first-order valence-corrected chi connectivity index (χ1v) is 5.61. The zero-order valence-electron chi connectivity index (χ0n) is 8.95. The van der Waals surface area contributed by atoms with Crippen LogP contribution in [-0.4, -0.2) is 56.2 Å². The number of nitrogens with one attached hydrogen (secondary N) is 1. The highest BCUT2D eigenvalue weighted by molar-refractivity contribution is 5.80. The molecular weight excluding hydrogens is 194 g/mol. The number of rotatable bonds is 3. The van der Waals surface area contributed by atoms with Crippen molar-refractivity contribution in [1.82, 2.24) is 10.2 Å². The van der Waals surface area contributed by atoms with E-state index in [0.717, 1.165) is 39.2 Å². The predicted molar refractivity (Wildman–Crippen MR) is 56.4 cm³/mol. The Morgan fingerprint density at radius 2 is 2.20 bits per heavy atom. The van der Waals surface area contributed by atoms with Gasteiger partial charge in [-0.15, -0.1) is 0 Å². The Hall–Kier alpha value is -0.650. The molecule has 0 radical (unpaired) electrons. The fourth-order valence-corrected chi connectivity index (χ4v) is 2.47. The molecule has 0 spiro atoms. The second-order valence-electron chi connectivity index (χ2n) is 4.26. The number of hydrogen-bond donors (Lipinski definition) is 2. The van der Waals surface area contributed by atoms with Gasteiger partial charge in [0.2, 0.25) is 5.91 Å². The molecule has 2 aliphatic heterocycles. The number of ether oxygens (including phenoxy) is 1. The summed E-state index contributed by atoms with van der Waals surface area (Å²) in [7, 11) is 0. The summed E-state index contributed by atoms with van der Waals surface area (Å²) >= 11 is 0. The molecule has 2 rings (SSSR count). The zero-order chi connectivity index (χ0) is 10.7. The first kappa shape index (κ1) is 10.9. The third-order valence-electron chi connectivity index (χ3n) is 3.25. The Morgan fingerprint density at radius 3 is 2.73 bits per heavy atom. The SMILES string of the molecule is NC(=O)C(C1CCOC1)N1CCNCC1. The van der Waals surface area contributed by atoms with Gasteiger partial charge in [-0.2, -0.15) is 0 Å². The molecule has 0 bridgehead atoms. The number of nitrogens with zero attached hydrogens (tertiary/aromatic N) is 1. The molecule has 2 unspecified atom stereocenters. The maximum atomic E-state index is 11.5. The van der Waals surface area contributed by atoms with Gasteiger partial charge in [0.05, 0.1) is 12.6 Å². The molecule has 2 saturated heterocycles. The lowest BCUT2D eigenvalue weighted by atomic mass is 9.96. The second-order valence-corrected chi connectivity index (χ2v) is 4.26. The summed E-state index contributed by atoms with van der Waals surface area (Å²) in [6.45, 7) is 5.14. The minimum atomic E-state index is -0.201. The molecule has 0 aliphatic carbocycles. The van der Waals surface area contributed by atoms with Gasteiger partial charge in [-0.25, -0.2) is 0 Å². The number of amides is 1. The van der Waals surface area contributed by atoms with Crippen LogP contribution in [0.3, 0.4) is 0 Å². The Labute approximate surface area is 89.9 Å². The van der Waals surface area contributed by atoms with Gasteiger partial charge in [0, 0.05) is 38.7 Å². The van der Waals surface area contributed by atoms with Gasteiger partial charge in [0.15, 0.2) is 0 Å². The monoisotopic (exact) mass is 213 g/mol. The lowest BCUT2D eigenvalue weighted by Crippen LogP contribution is -2.55. The van der Waals surface area contributed by atoms with Crippen molar-refractivity contribution >= 4 is 5.91 Å². The fourth-order valence-electron chi connectivity index (χ4n) is 2.47. The lowest BCUT2D eigenvalue weighted by Gasteiger charge is -2.35. The van der Waals surface area contributed by atoms with Crippen LogP contribution in [0.25, 0.3) is 0 Å². The molecular formula is C10H19N3O2. The van der Waals surface area contributed by atoms with Crippen molar-refractivity contribution in [2.24, 2.45) is 11.7 Å². The number of hydrogen-bond acceptors (Lipinski definition) is 4. The fraction of sp³-hybridized carbons (Fsp3) is 0.900. The minimum Gasteiger partial charge on any atom is -0.381 e. The Morgan fingerprint density at radius 1 is 1.47 bits per heavy atom. The van der Waals surface area contributed by atoms with Crippen LogP contribution in [0, 0.1) is 5.92 Å². The van der Waals surface area contributed by atoms with Crippen LogP contribution in [0.2, 0.25) is 0 Å². The molecule has 0 aromatic rings. The third kappa shape index (κ3) is 2.48. The maximum Gasteiger partial charge on any atom is 0.235 e. The van der Waals surface area contributed by atoms with Gasteiger partial charge < -0.3 is 15.8 Å². The van der Waals surface area contributed by atoms with Crippen molar-refractivity contribution in [1.29, 1.82) is 0 Å². The smallest absolute Gasteiger partial charge is 0.235 e. The van der Waals surface area contributed by atoms with Crippen LogP contribution >= 0.6 is 0 Å². The van der Waals surface area contributed by atoms with Crippen LogP contribution in [0.5, 0.6) is 0 Å². The molecule has 15 heavy (non-hydrogen) atoms. The number of primary amides is 1. The van der Waals surface area contributed by atoms with Crippen molar-refractivity contribution in [2.75, 3.05) is 39.4 Å². The predicted octanol–water partition coefficient (Wildman–Crippen LogP) is -1.22. The van der Waals surface area contributed by atoms with Crippen molar-refractivity contribution in [2.45, 2.75) is 12.5 Å². The minimum absolute atomic E-state index is 0.130. The van der Waals surface area contributed by atoms with Crippen molar-refractivity contribution in [3.8, 4) is 0 Å². The van der Waals surface area contributed by atoms with Gasteiger partial charge in [-0.1, -0.05) is 0 Å². The Kier molecular flexibility index (Phi) is 3.56. The summed E-state index contributed by atoms with van der Waals surface area (Å²) in [6.07, 6.45) is 0.956. The summed E-state index contributed by atoms with van der Waals surface area (Å²) in [5.74, 6) is 0.0907. The van der Waals surface area contributed by atoms with Gasteiger partial charge in [-0.3, -0.25) is 9.69 Å². The molecule has 5 nitrogen and oxygen atoms in total. The standard InChI is InChI=1S/C10H19N3O2/c11-10(14)9(8-1-6-15-7-8)13-4-2-12-3-5-13/h8-9,12H,1-7H2,(H2,11,14). The van der Waals surface area contributed by atoms with E-state index in [1.165, 1.54) is 0 Å². The van der Waals surface area contributed by atoms with Crippen LogP contribution < -0.4 is 11.1 Å². The highest BCUT2D eigenvalue weighted by Crippen LogP contribution is 2.21. The maximum absolute atomic E-state index is 11.5. The Bertz CT molecular complexity index is 223. The highest BCUT2D eigenvalue weighted by Gasteiger charge is 2.34. The highest BCUT2D eigenvalue weighted by atomic mass is 16.5. The zero-order valence-corrected chi connectivity index (χ0v) is 8.95. The molecule has 0 aromatic carbocycles. The van der Waals surface area contributed by atoms with Gasteiger partial charge in [0.1, 0.15) is 0 Å². The van der Waals surface area contributed by atoms with Crippen LogP contribution in [0.15, 0.2) is 0 Å². The normalized spacial score (nSPS) is 30.3. The van der Waals surface area contributed by atoms with E-state index in [1.807, 2.05) is 0 Å². The van der Waals surface area contributed by atoms with E-state index in [4.69, 9.17) is 10.5 Å². The van der Waals surface area contributed by atoms with Gasteiger partial charge >= 0.3 is 0 Å². The molecule has 2 heterocycles. The summed E-state index contributed by atoms with van der Waals surface area (Å²) in [6, 6.07) is -0.130. The number of carbonyl (C=O) groups is 1. The number of nitrogens with two attached hydrogens (primary N) is 1. The van der Waals surface area contributed by atoms with E-state index >= 15 is 0 Å².